The van der Waals surface area contributed by atoms with E-state index in [9.17, 15) is 4.79 Å². The molecule has 1 fully saturated rings. The second-order valence-corrected chi connectivity index (χ2v) is 5.03. The molecule has 1 saturated heterocycles. The lowest BCUT2D eigenvalue weighted by atomic mass is 9.95. The van der Waals surface area contributed by atoms with E-state index in [2.05, 4.69) is 19.2 Å². The Labute approximate surface area is 105 Å². The third kappa shape index (κ3) is 3.96. The lowest BCUT2D eigenvalue weighted by Gasteiger charge is -2.37. The van der Waals surface area contributed by atoms with Crippen LogP contribution in [0.1, 0.15) is 27.2 Å². The molecule has 3 atom stereocenters. The van der Waals surface area contributed by atoms with Gasteiger partial charge in [-0.05, 0) is 18.9 Å². The molecule has 0 aromatic heterocycles. The van der Waals surface area contributed by atoms with Crippen LogP contribution in [-0.2, 0) is 9.53 Å². The molecule has 1 N–H and O–H groups in total. The topological polar surface area (TPSA) is 41.6 Å². The summed E-state index contributed by atoms with van der Waals surface area (Å²) < 4.78 is 5.44. The fraction of sp³-hybridized carbons (Fsp3) is 0.923. The summed E-state index contributed by atoms with van der Waals surface area (Å²) in [5, 5.41) is 3.22. The summed E-state index contributed by atoms with van der Waals surface area (Å²) in [5.74, 6) is 0.855. The van der Waals surface area contributed by atoms with Crippen molar-refractivity contribution in [2.24, 2.45) is 11.8 Å². The molecular formula is C13H26N2O2. The zero-order valence-electron chi connectivity index (χ0n) is 11.5. The Morgan fingerprint density at radius 2 is 2.29 bits per heavy atom. The average Bonchev–Trinajstić information content (AvgIpc) is 2.35. The van der Waals surface area contributed by atoms with Crippen molar-refractivity contribution in [3.05, 3.63) is 0 Å². The maximum Gasteiger partial charge on any atom is 0.226 e. The zero-order chi connectivity index (χ0) is 12.8. The first kappa shape index (κ1) is 14.5. The molecule has 3 unspecified atom stereocenters. The van der Waals surface area contributed by atoms with Gasteiger partial charge in [0.05, 0.1) is 6.10 Å². The normalized spacial score (nSPS) is 26.9. The third-order valence-corrected chi connectivity index (χ3v) is 3.63. The van der Waals surface area contributed by atoms with Crippen molar-refractivity contribution in [2.75, 3.05) is 33.3 Å². The van der Waals surface area contributed by atoms with Gasteiger partial charge in [-0.3, -0.25) is 4.79 Å². The second kappa shape index (κ2) is 6.97. The van der Waals surface area contributed by atoms with E-state index < -0.39 is 0 Å². The molecule has 0 aliphatic carbocycles. The zero-order valence-corrected chi connectivity index (χ0v) is 11.5. The van der Waals surface area contributed by atoms with Crippen molar-refractivity contribution < 1.29 is 9.53 Å². The predicted octanol–water partition coefficient (Wildman–Crippen LogP) is 1.12. The Balaban J connectivity index is 2.46. The number of piperidine rings is 1. The molecule has 17 heavy (non-hydrogen) atoms. The molecule has 0 aromatic carbocycles. The van der Waals surface area contributed by atoms with Gasteiger partial charge < -0.3 is 15.0 Å². The summed E-state index contributed by atoms with van der Waals surface area (Å²) in [7, 11) is 1.73. The summed E-state index contributed by atoms with van der Waals surface area (Å²) in [4.78, 5) is 14.2. The molecule has 1 heterocycles. The van der Waals surface area contributed by atoms with Crippen LogP contribution < -0.4 is 5.32 Å². The van der Waals surface area contributed by atoms with Crippen LogP contribution in [0.25, 0.3) is 0 Å². The average molecular weight is 242 g/mol. The molecule has 1 aliphatic heterocycles. The van der Waals surface area contributed by atoms with Crippen LogP contribution in [0.5, 0.6) is 0 Å². The SMILES string of the molecule is CCNCC(C)C(=O)N1CCC(C)C(OC)C1. The number of carbonyl (C=O) groups excluding carboxylic acids is 1. The van der Waals surface area contributed by atoms with E-state index >= 15 is 0 Å². The number of likely N-dealkylation sites (tertiary alicyclic amines) is 1. The van der Waals surface area contributed by atoms with E-state index in [4.69, 9.17) is 4.74 Å². The maximum atomic E-state index is 12.2. The lowest BCUT2D eigenvalue weighted by molar-refractivity contribution is -0.139. The first-order valence-electron chi connectivity index (χ1n) is 6.62. The van der Waals surface area contributed by atoms with Gasteiger partial charge in [-0.1, -0.05) is 20.8 Å². The molecule has 1 aliphatic rings. The maximum absolute atomic E-state index is 12.2. The quantitative estimate of drug-likeness (QED) is 0.785. The van der Waals surface area contributed by atoms with Crippen molar-refractivity contribution in [3.8, 4) is 0 Å². The van der Waals surface area contributed by atoms with Gasteiger partial charge in [-0.15, -0.1) is 0 Å². The summed E-state index contributed by atoms with van der Waals surface area (Å²) >= 11 is 0. The number of carbonyl (C=O) groups is 1. The molecule has 0 spiro atoms. The van der Waals surface area contributed by atoms with Crippen molar-refractivity contribution >= 4 is 5.91 Å². The summed E-state index contributed by atoms with van der Waals surface area (Å²) in [6.07, 6.45) is 1.23. The van der Waals surface area contributed by atoms with Crippen LogP contribution in [0.4, 0.5) is 0 Å². The minimum Gasteiger partial charge on any atom is -0.379 e. The van der Waals surface area contributed by atoms with Crippen LogP contribution in [0.15, 0.2) is 0 Å². The highest BCUT2D eigenvalue weighted by molar-refractivity contribution is 5.78. The highest BCUT2D eigenvalue weighted by Gasteiger charge is 2.30. The van der Waals surface area contributed by atoms with Crippen LogP contribution in [0.2, 0.25) is 0 Å². The van der Waals surface area contributed by atoms with E-state index in [1.165, 1.54) is 0 Å². The third-order valence-electron chi connectivity index (χ3n) is 3.63. The minimum atomic E-state index is 0.0564. The van der Waals surface area contributed by atoms with E-state index in [0.717, 1.165) is 32.6 Å². The first-order valence-corrected chi connectivity index (χ1v) is 6.62. The highest BCUT2D eigenvalue weighted by atomic mass is 16.5. The van der Waals surface area contributed by atoms with Gasteiger partial charge in [0.25, 0.3) is 0 Å². The molecule has 0 saturated carbocycles. The molecule has 100 valence electrons. The Kier molecular flexibility index (Phi) is 5.92. The lowest BCUT2D eigenvalue weighted by Crippen LogP contribution is -2.49. The van der Waals surface area contributed by atoms with Crippen molar-refractivity contribution in [1.82, 2.24) is 10.2 Å². The number of hydrogen-bond acceptors (Lipinski definition) is 3. The molecular weight excluding hydrogens is 216 g/mol. The minimum absolute atomic E-state index is 0.0564. The van der Waals surface area contributed by atoms with Crippen molar-refractivity contribution in [1.29, 1.82) is 0 Å². The molecule has 0 radical (unpaired) electrons. The van der Waals surface area contributed by atoms with Gasteiger partial charge in [0, 0.05) is 32.7 Å². The molecule has 0 bridgehead atoms. The summed E-state index contributed by atoms with van der Waals surface area (Å²) in [6.45, 7) is 9.53. The number of nitrogens with one attached hydrogen (secondary N) is 1. The summed E-state index contributed by atoms with van der Waals surface area (Å²) in [6, 6.07) is 0. The number of rotatable bonds is 5. The van der Waals surface area contributed by atoms with E-state index in [1.807, 2.05) is 11.8 Å². The van der Waals surface area contributed by atoms with Crippen molar-refractivity contribution in [2.45, 2.75) is 33.3 Å². The number of hydrogen-bond donors (Lipinski definition) is 1. The highest BCUT2D eigenvalue weighted by Crippen LogP contribution is 2.20. The van der Waals surface area contributed by atoms with Crippen LogP contribution in [-0.4, -0.2) is 50.2 Å². The van der Waals surface area contributed by atoms with Crippen molar-refractivity contribution in [3.63, 3.8) is 0 Å². The standard InChI is InChI=1S/C13H26N2O2/c1-5-14-8-11(3)13(16)15-7-6-10(2)12(9-15)17-4/h10-12,14H,5-9H2,1-4H3. The largest absolute Gasteiger partial charge is 0.379 e. The molecule has 4 heteroatoms. The predicted molar refractivity (Wildman–Crippen MR) is 68.9 cm³/mol. The van der Waals surface area contributed by atoms with E-state index in [1.54, 1.807) is 7.11 Å². The van der Waals surface area contributed by atoms with Crippen LogP contribution in [0.3, 0.4) is 0 Å². The first-order chi connectivity index (χ1) is 8.10. The van der Waals surface area contributed by atoms with Gasteiger partial charge in [0.2, 0.25) is 5.91 Å². The smallest absolute Gasteiger partial charge is 0.226 e. The Hall–Kier alpha value is -0.610. The van der Waals surface area contributed by atoms with Crippen LogP contribution >= 0.6 is 0 Å². The monoisotopic (exact) mass is 242 g/mol. The Morgan fingerprint density at radius 3 is 2.88 bits per heavy atom. The molecule has 1 amide bonds. The molecule has 0 aromatic rings. The summed E-state index contributed by atoms with van der Waals surface area (Å²) in [5.41, 5.74) is 0. The van der Waals surface area contributed by atoms with Gasteiger partial charge in [0.15, 0.2) is 0 Å². The fourth-order valence-corrected chi connectivity index (χ4v) is 2.30. The second-order valence-electron chi connectivity index (χ2n) is 5.03. The molecule has 1 rings (SSSR count). The van der Waals surface area contributed by atoms with Crippen LogP contribution in [0, 0.1) is 11.8 Å². The number of ether oxygens (including phenoxy) is 1. The van der Waals surface area contributed by atoms with Gasteiger partial charge in [-0.2, -0.15) is 0 Å². The van der Waals surface area contributed by atoms with E-state index in [0.29, 0.717) is 5.92 Å². The number of methoxy groups -OCH3 is 1. The Bertz CT molecular complexity index is 246. The van der Waals surface area contributed by atoms with Gasteiger partial charge >= 0.3 is 0 Å². The van der Waals surface area contributed by atoms with Gasteiger partial charge in [0.1, 0.15) is 0 Å². The fourth-order valence-electron chi connectivity index (χ4n) is 2.30. The molecule has 4 nitrogen and oxygen atoms in total. The Morgan fingerprint density at radius 1 is 1.59 bits per heavy atom. The number of nitrogens with zero attached hydrogens (tertiary/aromatic N) is 1. The number of amides is 1. The van der Waals surface area contributed by atoms with Gasteiger partial charge in [-0.25, -0.2) is 0 Å². The van der Waals surface area contributed by atoms with E-state index in [-0.39, 0.29) is 17.9 Å².